The highest BCUT2D eigenvalue weighted by atomic mass is 19.4. The van der Waals surface area contributed by atoms with Crippen LogP contribution >= 0.6 is 0 Å². The van der Waals surface area contributed by atoms with E-state index in [9.17, 15) is 13.2 Å². The van der Waals surface area contributed by atoms with Crippen LogP contribution in [0.3, 0.4) is 0 Å². The van der Waals surface area contributed by atoms with E-state index in [4.69, 9.17) is 4.74 Å². The summed E-state index contributed by atoms with van der Waals surface area (Å²) < 4.78 is 42.3. The average Bonchev–Trinajstić information content (AvgIpc) is 2.15. The van der Waals surface area contributed by atoms with Gasteiger partial charge in [-0.25, -0.2) is 0 Å². The summed E-state index contributed by atoms with van der Waals surface area (Å²) in [6.07, 6.45) is -4.86. The molecule has 1 rings (SSSR count). The van der Waals surface area contributed by atoms with Crippen molar-refractivity contribution >= 4 is 0 Å². The molecule has 4 heteroatoms. The first-order valence-electron chi connectivity index (χ1n) is 4.15. The van der Waals surface area contributed by atoms with Crippen molar-refractivity contribution in [1.29, 1.82) is 0 Å². The lowest BCUT2D eigenvalue weighted by Gasteiger charge is -2.16. The first kappa shape index (κ1) is 11.0. The summed E-state index contributed by atoms with van der Waals surface area (Å²) in [5.41, 5.74) is -0.461. The summed E-state index contributed by atoms with van der Waals surface area (Å²) >= 11 is 0. The van der Waals surface area contributed by atoms with E-state index in [0.717, 1.165) is 6.07 Å². The van der Waals surface area contributed by atoms with Gasteiger partial charge in [0.2, 0.25) is 0 Å². The zero-order chi connectivity index (χ0) is 10.8. The van der Waals surface area contributed by atoms with Gasteiger partial charge in [-0.05, 0) is 18.6 Å². The topological polar surface area (TPSA) is 9.23 Å². The van der Waals surface area contributed by atoms with Gasteiger partial charge in [0.05, 0.1) is 11.7 Å². The molecule has 0 aromatic heterocycles. The molecule has 0 aliphatic carbocycles. The van der Waals surface area contributed by atoms with E-state index >= 15 is 0 Å². The largest absolute Gasteiger partial charge is 0.416 e. The second-order valence-electron chi connectivity index (χ2n) is 2.96. The summed E-state index contributed by atoms with van der Waals surface area (Å²) in [6, 6.07) is 5.43. The molecule has 0 heterocycles. The molecule has 0 unspecified atom stereocenters. The monoisotopic (exact) mass is 204 g/mol. The van der Waals surface area contributed by atoms with E-state index in [0.29, 0.717) is 0 Å². The maximum absolute atomic E-state index is 12.5. The molecule has 0 saturated heterocycles. The molecule has 14 heavy (non-hydrogen) atoms. The molecule has 0 aliphatic rings. The quantitative estimate of drug-likeness (QED) is 0.717. The van der Waals surface area contributed by atoms with Crippen LogP contribution in [-0.4, -0.2) is 7.11 Å². The highest BCUT2D eigenvalue weighted by Crippen LogP contribution is 2.34. The lowest BCUT2D eigenvalue weighted by atomic mass is 10.0. The number of hydrogen-bond acceptors (Lipinski definition) is 1. The SMILES string of the molecule is CO[C@H](C)c1ccccc1C(F)(F)F. The molecule has 1 nitrogen and oxygen atoms in total. The number of alkyl halides is 3. The molecule has 0 spiro atoms. The Balaban J connectivity index is 3.16. The Kier molecular flexibility index (Phi) is 3.16. The fourth-order valence-corrected chi connectivity index (χ4v) is 1.24. The molecule has 1 aromatic carbocycles. The summed E-state index contributed by atoms with van der Waals surface area (Å²) in [4.78, 5) is 0. The second-order valence-corrected chi connectivity index (χ2v) is 2.96. The van der Waals surface area contributed by atoms with Crippen molar-refractivity contribution in [3.8, 4) is 0 Å². The van der Waals surface area contributed by atoms with Gasteiger partial charge < -0.3 is 4.74 Å². The number of hydrogen-bond donors (Lipinski definition) is 0. The average molecular weight is 204 g/mol. The van der Waals surface area contributed by atoms with Crippen molar-refractivity contribution < 1.29 is 17.9 Å². The van der Waals surface area contributed by atoms with Gasteiger partial charge in [0, 0.05) is 7.11 Å². The predicted octanol–water partition coefficient (Wildman–Crippen LogP) is 3.41. The number of benzene rings is 1. The first-order chi connectivity index (χ1) is 6.46. The molecule has 0 radical (unpaired) electrons. The number of halogens is 3. The van der Waals surface area contributed by atoms with Crippen LogP contribution in [0.2, 0.25) is 0 Å². The molecular weight excluding hydrogens is 193 g/mol. The molecule has 78 valence electrons. The highest BCUT2D eigenvalue weighted by molar-refractivity contribution is 5.31. The second kappa shape index (κ2) is 4.00. The van der Waals surface area contributed by atoms with E-state index in [-0.39, 0.29) is 5.56 Å². The third kappa shape index (κ3) is 2.26. The summed E-state index contributed by atoms with van der Waals surface area (Å²) in [5.74, 6) is 0. The van der Waals surface area contributed by atoms with Crippen LogP contribution in [0.15, 0.2) is 24.3 Å². The smallest absolute Gasteiger partial charge is 0.377 e. The molecule has 1 aromatic rings. The van der Waals surface area contributed by atoms with Crippen molar-refractivity contribution in [2.75, 3.05) is 7.11 Å². The van der Waals surface area contributed by atoms with Crippen LogP contribution in [0.25, 0.3) is 0 Å². The third-order valence-electron chi connectivity index (χ3n) is 2.06. The van der Waals surface area contributed by atoms with Crippen molar-refractivity contribution in [3.63, 3.8) is 0 Å². The lowest BCUT2D eigenvalue weighted by molar-refractivity contribution is -0.139. The zero-order valence-electron chi connectivity index (χ0n) is 7.93. The first-order valence-corrected chi connectivity index (χ1v) is 4.15. The predicted molar refractivity (Wildman–Crippen MR) is 46.9 cm³/mol. The van der Waals surface area contributed by atoms with E-state index in [1.807, 2.05) is 0 Å². The van der Waals surface area contributed by atoms with Crippen molar-refractivity contribution in [3.05, 3.63) is 35.4 Å². The summed E-state index contributed by atoms with van der Waals surface area (Å²) in [7, 11) is 1.39. The van der Waals surface area contributed by atoms with E-state index in [1.165, 1.54) is 19.2 Å². The molecule has 0 bridgehead atoms. The Labute approximate surface area is 80.5 Å². The van der Waals surface area contributed by atoms with Gasteiger partial charge in [-0.2, -0.15) is 13.2 Å². The summed E-state index contributed by atoms with van der Waals surface area (Å²) in [6.45, 7) is 1.59. The number of rotatable bonds is 2. The van der Waals surface area contributed by atoms with Gasteiger partial charge in [0.1, 0.15) is 0 Å². The Hall–Kier alpha value is -1.03. The Morgan fingerprint density at radius 3 is 2.29 bits per heavy atom. The number of ether oxygens (including phenoxy) is 1. The molecule has 0 saturated carbocycles. The molecule has 1 atom stereocenters. The van der Waals surface area contributed by atoms with Crippen LogP contribution in [0.1, 0.15) is 24.2 Å². The maximum Gasteiger partial charge on any atom is 0.416 e. The van der Waals surface area contributed by atoms with E-state index in [2.05, 4.69) is 0 Å². The van der Waals surface area contributed by atoms with Gasteiger partial charge in [-0.1, -0.05) is 18.2 Å². The van der Waals surface area contributed by atoms with Gasteiger partial charge in [-0.15, -0.1) is 0 Å². The summed E-state index contributed by atoms with van der Waals surface area (Å²) in [5, 5.41) is 0. The van der Waals surface area contributed by atoms with Gasteiger partial charge in [0.15, 0.2) is 0 Å². The van der Waals surface area contributed by atoms with E-state index in [1.54, 1.807) is 13.0 Å². The zero-order valence-corrected chi connectivity index (χ0v) is 7.93. The minimum Gasteiger partial charge on any atom is -0.377 e. The van der Waals surface area contributed by atoms with E-state index < -0.39 is 17.8 Å². The third-order valence-corrected chi connectivity index (χ3v) is 2.06. The van der Waals surface area contributed by atoms with Crippen LogP contribution in [0.5, 0.6) is 0 Å². The minimum absolute atomic E-state index is 0.169. The van der Waals surface area contributed by atoms with Gasteiger partial charge in [0.25, 0.3) is 0 Å². The normalized spacial score (nSPS) is 14.1. The number of methoxy groups -OCH3 is 1. The maximum atomic E-state index is 12.5. The molecule has 0 amide bonds. The fraction of sp³-hybridized carbons (Fsp3) is 0.400. The standard InChI is InChI=1S/C10H11F3O/c1-7(14-2)8-5-3-4-6-9(8)10(11,12)13/h3-7H,1-2H3/t7-/m1/s1. The van der Waals surface area contributed by atoms with Crippen LogP contribution in [0.4, 0.5) is 13.2 Å². The highest BCUT2D eigenvalue weighted by Gasteiger charge is 2.34. The Morgan fingerprint density at radius 2 is 1.79 bits per heavy atom. The molecule has 0 aliphatic heterocycles. The van der Waals surface area contributed by atoms with Crippen molar-refractivity contribution in [2.45, 2.75) is 19.2 Å². The Morgan fingerprint density at radius 1 is 1.21 bits per heavy atom. The van der Waals surface area contributed by atoms with Gasteiger partial charge in [-0.3, -0.25) is 0 Å². The van der Waals surface area contributed by atoms with Crippen LogP contribution in [-0.2, 0) is 10.9 Å². The van der Waals surface area contributed by atoms with Crippen LogP contribution in [0, 0.1) is 0 Å². The fourth-order valence-electron chi connectivity index (χ4n) is 1.24. The van der Waals surface area contributed by atoms with Crippen molar-refractivity contribution in [1.82, 2.24) is 0 Å². The molecule has 0 N–H and O–H groups in total. The minimum atomic E-state index is -4.32. The van der Waals surface area contributed by atoms with Crippen molar-refractivity contribution in [2.24, 2.45) is 0 Å². The van der Waals surface area contributed by atoms with Gasteiger partial charge >= 0.3 is 6.18 Å². The lowest BCUT2D eigenvalue weighted by Crippen LogP contribution is -2.11. The molecular formula is C10H11F3O. The van der Waals surface area contributed by atoms with Crippen LogP contribution < -0.4 is 0 Å². The Bertz CT molecular complexity index is 306. The molecule has 0 fully saturated rings.